The van der Waals surface area contributed by atoms with Crippen molar-refractivity contribution in [2.24, 2.45) is 5.92 Å². The van der Waals surface area contributed by atoms with Crippen LogP contribution in [0, 0.1) is 19.8 Å². The summed E-state index contributed by atoms with van der Waals surface area (Å²) in [6.45, 7) is 7.42. The van der Waals surface area contributed by atoms with E-state index in [4.69, 9.17) is 0 Å². The fraction of sp³-hybridized carbons (Fsp3) is 0.533. The number of aliphatic hydroxyl groups is 1. The highest BCUT2D eigenvalue weighted by Gasteiger charge is 2.30. The minimum atomic E-state index is -0.495. The monoisotopic (exact) mass is 262 g/mol. The summed E-state index contributed by atoms with van der Waals surface area (Å²) in [5.74, 6) is 0.320. The van der Waals surface area contributed by atoms with E-state index >= 15 is 0 Å². The molecular formula is C15H22N2O2. The molecule has 1 saturated heterocycles. The maximum Gasteiger partial charge on any atom is 0.246 e. The van der Waals surface area contributed by atoms with Crippen molar-refractivity contribution in [3.63, 3.8) is 0 Å². The van der Waals surface area contributed by atoms with Crippen LogP contribution in [0.2, 0.25) is 0 Å². The molecule has 4 heteroatoms. The Bertz CT molecular complexity index is 473. The molecule has 19 heavy (non-hydrogen) atoms. The largest absolute Gasteiger partial charge is 0.394 e. The third-order valence-corrected chi connectivity index (χ3v) is 3.61. The highest BCUT2D eigenvalue weighted by Crippen LogP contribution is 2.24. The molecule has 1 aliphatic rings. The number of aliphatic hydroxyl groups excluding tert-OH is 1. The number of nitrogens with one attached hydrogen (secondary N) is 1. The molecular weight excluding hydrogens is 240 g/mol. The smallest absolute Gasteiger partial charge is 0.246 e. The van der Waals surface area contributed by atoms with Gasteiger partial charge < -0.3 is 15.3 Å². The third kappa shape index (κ3) is 2.96. The first-order valence-corrected chi connectivity index (χ1v) is 6.75. The second-order valence-electron chi connectivity index (χ2n) is 5.49. The Balaban J connectivity index is 2.39. The van der Waals surface area contributed by atoms with E-state index in [1.807, 2.05) is 36.9 Å². The van der Waals surface area contributed by atoms with Crippen molar-refractivity contribution in [2.45, 2.75) is 26.8 Å². The number of anilines is 1. The lowest BCUT2D eigenvalue weighted by Gasteiger charge is -2.26. The quantitative estimate of drug-likeness (QED) is 0.843. The highest BCUT2D eigenvalue weighted by molar-refractivity contribution is 5.98. The van der Waals surface area contributed by atoms with Crippen LogP contribution in [0.1, 0.15) is 18.1 Å². The van der Waals surface area contributed by atoms with Crippen LogP contribution in [0.15, 0.2) is 18.2 Å². The molecule has 1 aromatic carbocycles. The van der Waals surface area contributed by atoms with Crippen molar-refractivity contribution >= 4 is 11.6 Å². The summed E-state index contributed by atoms with van der Waals surface area (Å²) < 4.78 is 0. The van der Waals surface area contributed by atoms with Gasteiger partial charge in [-0.05, 0) is 37.0 Å². The average Bonchev–Trinajstić information content (AvgIpc) is 2.52. The Morgan fingerprint density at radius 3 is 2.84 bits per heavy atom. The first-order valence-electron chi connectivity index (χ1n) is 6.75. The molecule has 1 heterocycles. The number of carbonyl (C=O) groups is 1. The van der Waals surface area contributed by atoms with E-state index in [1.165, 1.54) is 0 Å². The van der Waals surface area contributed by atoms with Gasteiger partial charge in [0.25, 0.3) is 0 Å². The zero-order valence-electron chi connectivity index (χ0n) is 11.8. The van der Waals surface area contributed by atoms with E-state index in [2.05, 4.69) is 12.2 Å². The van der Waals surface area contributed by atoms with Gasteiger partial charge in [0.05, 0.1) is 6.61 Å². The summed E-state index contributed by atoms with van der Waals surface area (Å²) in [5.41, 5.74) is 3.18. The molecule has 0 aliphatic carbocycles. The van der Waals surface area contributed by atoms with Crippen LogP contribution in [-0.2, 0) is 4.79 Å². The minimum absolute atomic E-state index is 0.0412. The first kappa shape index (κ1) is 14.0. The Morgan fingerprint density at radius 2 is 2.16 bits per heavy atom. The Kier molecular flexibility index (Phi) is 4.22. The van der Waals surface area contributed by atoms with Crippen molar-refractivity contribution in [1.82, 2.24) is 5.32 Å². The first-order chi connectivity index (χ1) is 9.02. The number of rotatable bonds is 2. The van der Waals surface area contributed by atoms with E-state index in [0.29, 0.717) is 12.5 Å². The number of benzene rings is 1. The number of carbonyl (C=O) groups excluding carboxylic acids is 1. The SMILES string of the molecule is Cc1ccc(C)c(N2CC(C)CNC(CO)C2=O)c1. The number of aryl methyl sites for hydroxylation is 2. The predicted molar refractivity (Wildman–Crippen MR) is 76.3 cm³/mol. The zero-order valence-corrected chi connectivity index (χ0v) is 11.8. The van der Waals surface area contributed by atoms with Crippen molar-refractivity contribution < 1.29 is 9.90 Å². The number of hydrogen-bond acceptors (Lipinski definition) is 3. The standard InChI is InChI=1S/C15H22N2O2/c1-10-4-5-12(3)14(6-10)17-8-11(2)7-16-13(9-18)15(17)19/h4-6,11,13,16,18H,7-9H2,1-3H3. The van der Waals surface area contributed by atoms with E-state index in [-0.39, 0.29) is 12.5 Å². The highest BCUT2D eigenvalue weighted by atomic mass is 16.3. The van der Waals surface area contributed by atoms with Crippen molar-refractivity contribution in [2.75, 3.05) is 24.6 Å². The van der Waals surface area contributed by atoms with E-state index in [0.717, 1.165) is 23.4 Å². The van der Waals surface area contributed by atoms with E-state index in [1.54, 1.807) is 0 Å². The van der Waals surface area contributed by atoms with Crippen LogP contribution < -0.4 is 10.2 Å². The third-order valence-electron chi connectivity index (χ3n) is 3.61. The molecule has 1 amide bonds. The minimum Gasteiger partial charge on any atom is -0.394 e. The van der Waals surface area contributed by atoms with Gasteiger partial charge >= 0.3 is 0 Å². The normalized spacial score (nSPS) is 24.4. The van der Waals surface area contributed by atoms with E-state index in [9.17, 15) is 9.90 Å². The molecule has 0 radical (unpaired) electrons. The van der Waals surface area contributed by atoms with Gasteiger partial charge in [-0.3, -0.25) is 4.79 Å². The molecule has 2 unspecified atom stereocenters. The van der Waals surface area contributed by atoms with Crippen LogP contribution in [0.3, 0.4) is 0 Å². The van der Waals surface area contributed by atoms with Gasteiger partial charge in [0.15, 0.2) is 0 Å². The predicted octanol–water partition coefficient (Wildman–Crippen LogP) is 1.24. The van der Waals surface area contributed by atoms with Crippen molar-refractivity contribution in [1.29, 1.82) is 0 Å². The summed E-state index contributed by atoms with van der Waals surface area (Å²) in [7, 11) is 0. The molecule has 0 spiro atoms. The Hall–Kier alpha value is -1.39. The summed E-state index contributed by atoms with van der Waals surface area (Å²) >= 11 is 0. The lowest BCUT2D eigenvalue weighted by atomic mass is 10.1. The van der Waals surface area contributed by atoms with Crippen LogP contribution in [0.5, 0.6) is 0 Å². The molecule has 1 aromatic rings. The lowest BCUT2D eigenvalue weighted by Crippen LogP contribution is -2.46. The molecule has 1 fully saturated rings. The molecule has 2 rings (SSSR count). The maximum absolute atomic E-state index is 12.5. The number of amides is 1. The fourth-order valence-electron chi connectivity index (χ4n) is 2.45. The summed E-state index contributed by atoms with van der Waals surface area (Å²) in [4.78, 5) is 14.3. The van der Waals surface area contributed by atoms with Crippen LogP contribution in [-0.4, -0.2) is 36.8 Å². The fourth-order valence-corrected chi connectivity index (χ4v) is 2.45. The molecule has 2 N–H and O–H groups in total. The van der Waals surface area contributed by atoms with Gasteiger partial charge in [-0.1, -0.05) is 19.1 Å². The molecule has 104 valence electrons. The van der Waals surface area contributed by atoms with Gasteiger partial charge in [0.2, 0.25) is 5.91 Å². The second kappa shape index (κ2) is 5.72. The van der Waals surface area contributed by atoms with Gasteiger partial charge in [-0.15, -0.1) is 0 Å². The average molecular weight is 262 g/mol. The van der Waals surface area contributed by atoms with Crippen LogP contribution in [0.4, 0.5) is 5.69 Å². The maximum atomic E-state index is 12.5. The van der Waals surface area contributed by atoms with Gasteiger partial charge in [-0.2, -0.15) is 0 Å². The van der Waals surface area contributed by atoms with Gasteiger partial charge in [0, 0.05) is 18.8 Å². The molecule has 0 aromatic heterocycles. The van der Waals surface area contributed by atoms with Crippen molar-refractivity contribution in [3.8, 4) is 0 Å². The van der Waals surface area contributed by atoms with Crippen molar-refractivity contribution in [3.05, 3.63) is 29.3 Å². The molecule has 0 saturated carbocycles. The van der Waals surface area contributed by atoms with Gasteiger partial charge in [0.1, 0.15) is 6.04 Å². The molecule has 0 bridgehead atoms. The number of hydrogen-bond donors (Lipinski definition) is 2. The Morgan fingerprint density at radius 1 is 1.42 bits per heavy atom. The molecule has 1 aliphatic heterocycles. The summed E-state index contributed by atoms with van der Waals surface area (Å²) in [5, 5.41) is 12.5. The summed E-state index contributed by atoms with van der Waals surface area (Å²) in [6.07, 6.45) is 0. The Labute approximate surface area is 114 Å². The van der Waals surface area contributed by atoms with E-state index < -0.39 is 6.04 Å². The molecule has 4 nitrogen and oxygen atoms in total. The van der Waals surface area contributed by atoms with Gasteiger partial charge in [-0.25, -0.2) is 0 Å². The molecule has 2 atom stereocenters. The number of nitrogens with zero attached hydrogens (tertiary/aromatic N) is 1. The lowest BCUT2D eigenvalue weighted by molar-refractivity contribution is -0.121. The summed E-state index contributed by atoms with van der Waals surface area (Å²) in [6, 6.07) is 5.63. The zero-order chi connectivity index (χ0) is 14.0. The second-order valence-corrected chi connectivity index (χ2v) is 5.49. The topological polar surface area (TPSA) is 52.6 Å². The van der Waals surface area contributed by atoms with Crippen LogP contribution in [0.25, 0.3) is 0 Å². The van der Waals surface area contributed by atoms with Crippen LogP contribution >= 0.6 is 0 Å².